The third-order valence-corrected chi connectivity index (χ3v) is 8.56. The van der Waals surface area contributed by atoms with Gasteiger partial charge in [-0.15, -0.1) is 6.58 Å². The second-order valence-corrected chi connectivity index (χ2v) is 11.9. The molecule has 0 spiro atoms. The van der Waals surface area contributed by atoms with E-state index in [9.17, 15) is 24.3 Å². The number of nitrogens with zero attached hydrogens (tertiary/aromatic N) is 3. The van der Waals surface area contributed by atoms with E-state index in [1.165, 1.54) is 11.0 Å². The Morgan fingerprint density at radius 3 is 2.50 bits per heavy atom. The Labute approximate surface area is 266 Å². The monoisotopic (exact) mass is 627 g/mol. The van der Waals surface area contributed by atoms with Crippen molar-refractivity contribution in [2.45, 2.75) is 50.4 Å². The highest BCUT2D eigenvalue weighted by atomic mass is 16.5. The first-order chi connectivity index (χ1) is 22.0. The molecule has 1 saturated carbocycles. The van der Waals surface area contributed by atoms with E-state index in [2.05, 4.69) is 28.9 Å². The zero-order valence-electron chi connectivity index (χ0n) is 25.9. The van der Waals surface area contributed by atoms with E-state index in [1.54, 1.807) is 33.1 Å². The fraction of sp³-hybridized carbons (Fsp3) is 0.353. The van der Waals surface area contributed by atoms with Crippen molar-refractivity contribution in [3.63, 3.8) is 0 Å². The highest BCUT2D eigenvalue weighted by molar-refractivity contribution is 5.96. The zero-order chi connectivity index (χ0) is 33.2. The molecule has 5 rings (SSSR count). The Kier molecular flexibility index (Phi) is 9.08. The number of hydrogen-bond donors (Lipinski definition) is 3. The first-order valence-electron chi connectivity index (χ1n) is 15.0. The average Bonchev–Trinajstić information content (AvgIpc) is 3.62. The minimum absolute atomic E-state index is 0.0178. The molecule has 12 nitrogen and oxygen atoms in total. The van der Waals surface area contributed by atoms with Crippen LogP contribution >= 0.6 is 0 Å². The van der Waals surface area contributed by atoms with Crippen molar-refractivity contribution in [3.05, 3.63) is 67.3 Å². The van der Waals surface area contributed by atoms with Crippen LogP contribution in [0.1, 0.15) is 26.7 Å². The minimum atomic E-state index is -1.49. The molecule has 5 atom stereocenters. The number of carboxylic acids is 1. The summed E-state index contributed by atoms with van der Waals surface area (Å²) in [6.07, 6.45) is 1.09. The zero-order valence-corrected chi connectivity index (χ0v) is 25.9. The van der Waals surface area contributed by atoms with Gasteiger partial charge in [-0.1, -0.05) is 50.3 Å². The molecule has 2 aliphatic rings. The van der Waals surface area contributed by atoms with Crippen LogP contribution in [0.25, 0.3) is 22.2 Å². The molecule has 4 amide bonds. The number of fused-ring (bicyclic) bond motifs is 1. The van der Waals surface area contributed by atoms with Crippen molar-refractivity contribution in [1.82, 2.24) is 20.5 Å². The third kappa shape index (κ3) is 6.28. The molecular formula is C34H37N5O7. The summed E-state index contributed by atoms with van der Waals surface area (Å²) in [6, 6.07) is 14.1. The number of carbonyl (C=O) groups is 4. The van der Waals surface area contributed by atoms with E-state index in [0.29, 0.717) is 28.1 Å². The molecule has 2 fully saturated rings. The van der Waals surface area contributed by atoms with Crippen LogP contribution in [0.5, 0.6) is 11.5 Å². The van der Waals surface area contributed by atoms with E-state index in [-0.39, 0.29) is 25.3 Å². The van der Waals surface area contributed by atoms with Crippen LogP contribution in [-0.4, -0.2) is 82.9 Å². The minimum Gasteiger partial charge on any atom is -0.497 e. The lowest BCUT2D eigenvalue weighted by Gasteiger charge is -2.28. The lowest BCUT2D eigenvalue weighted by molar-refractivity contribution is -0.144. The van der Waals surface area contributed by atoms with Gasteiger partial charge in [0.2, 0.25) is 5.91 Å². The maximum absolute atomic E-state index is 13.7. The lowest BCUT2D eigenvalue weighted by Crippen LogP contribution is -2.56. The Morgan fingerprint density at radius 1 is 1.15 bits per heavy atom. The Balaban J connectivity index is 1.48. The summed E-state index contributed by atoms with van der Waals surface area (Å²) >= 11 is 0. The number of aromatic nitrogens is 1. The smallest absolute Gasteiger partial charge is 0.330 e. The number of aliphatic carboxylic acids is 1. The van der Waals surface area contributed by atoms with Gasteiger partial charge in [0.1, 0.15) is 35.2 Å². The summed E-state index contributed by atoms with van der Waals surface area (Å²) < 4.78 is 11.9. The van der Waals surface area contributed by atoms with Gasteiger partial charge in [0, 0.05) is 35.4 Å². The van der Waals surface area contributed by atoms with Crippen LogP contribution in [-0.2, 0) is 14.4 Å². The molecule has 2 heterocycles. The van der Waals surface area contributed by atoms with Gasteiger partial charge in [0.05, 0.1) is 24.9 Å². The molecule has 12 heteroatoms. The van der Waals surface area contributed by atoms with Crippen LogP contribution in [0, 0.1) is 11.8 Å². The lowest BCUT2D eigenvalue weighted by atomic mass is 10.0. The number of carbonyl (C=O) groups excluding carboxylic acids is 3. The highest BCUT2D eigenvalue weighted by Gasteiger charge is 2.61. The van der Waals surface area contributed by atoms with Gasteiger partial charge in [-0.3, -0.25) is 9.59 Å². The first-order valence-corrected chi connectivity index (χ1v) is 15.0. The van der Waals surface area contributed by atoms with Crippen LogP contribution < -0.4 is 20.1 Å². The van der Waals surface area contributed by atoms with Crippen molar-refractivity contribution >= 4 is 41.4 Å². The molecular weight excluding hydrogens is 590 g/mol. The first kappa shape index (κ1) is 32.1. The molecule has 1 aromatic heterocycles. The normalized spacial score (nSPS) is 22.5. The van der Waals surface area contributed by atoms with Gasteiger partial charge in [0.15, 0.2) is 0 Å². The van der Waals surface area contributed by atoms with Gasteiger partial charge in [-0.25, -0.2) is 19.6 Å². The van der Waals surface area contributed by atoms with Crippen LogP contribution in [0.4, 0.5) is 4.79 Å². The number of amides is 4. The number of rotatable bonds is 11. The Bertz CT molecular complexity index is 1690. The van der Waals surface area contributed by atoms with Crippen molar-refractivity contribution in [2.24, 2.45) is 16.8 Å². The van der Waals surface area contributed by atoms with Crippen LogP contribution in [0.3, 0.4) is 0 Å². The quantitative estimate of drug-likeness (QED) is 0.214. The second kappa shape index (κ2) is 13.0. The van der Waals surface area contributed by atoms with E-state index < -0.39 is 53.5 Å². The predicted octanol–water partition coefficient (Wildman–Crippen LogP) is 3.84. The van der Waals surface area contributed by atoms with E-state index in [1.807, 2.05) is 42.5 Å². The van der Waals surface area contributed by atoms with Crippen molar-refractivity contribution in [3.8, 4) is 22.8 Å². The summed E-state index contributed by atoms with van der Waals surface area (Å²) in [6.45, 7) is 10.5. The molecule has 1 aliphatic carbocycles. The number of carboxylic acid groups (broad SMARTS) is 1. The summed E-state index contributed by atoms with van der Waals surface area (Å²) in [5, 5.41) is 15.9. The van der Waals surface area contributed by atoms with Gasteiger partial charge >= 0.3 is 12.0 Å². The second-order valence-electron chi connectivity index (χ2n) is 11.9. The van der Waals surface area contributed by atoms with E-state index in [0.717, 1.165) is 5.56 Å². The number of nitrogens with one attached hydrogen (secondary N) is 2. The number of hydrogen-bond acceptors (Lipinski definition) is 7. The number of methoxy groups -OCH3 is 1. The molecule has 3 N–H and O–H groups in total. The van der Waals surface area contributed by atoms with Gasteiger partial charge in [-0.2, -0.15) is 0 Å². The summed E-state index contributed by atoms with van der Waals surface area (Å²) in [4.78, 5) is 61.5. The van der Waals surface area contributed by atoms with Crippen molar-refractivity contribution in [2.75, 3.05) is 13.7 Å². The largest absolute Gasteiger partial charge is 0.497 e. The maximum Gasteiger partial charge on any atom is 0.330 e. The van der Waals surface area contributed by atoms with E-state index in [4.69, 9.17) is 14.5 Å². The average molecular weight is 628 g/mol. The molecule has 3 aromatic rings. The van der Waals surface area contributed by atoms with Gasteiger partial charge in [0.25, 0.3) is 5.91 Å². The number of benzene rings is 2. The molecule has 1 aliphatic heterocycles. The standard InChI is InChI=1S/C34H37N5O7/c1-6-21-17-34(21,32(42)43)38-30(40)27-15-23(18-39(27)33(44)37-29(19(2)3)31(41)35-4)46-28-16-25(20-10-8-7-9-11-20)36-26-14-22(45-5)12-13-24(26)28/h6-14,16,19,21,23,27,29H,1,4,15,17-18H2,2-3,5H3,(H,37,44)(H,38,40)(H,42,43)/t21-,23-,27+,29+,34-/m1/s1. The SMILES string of the molecule is C=C[C@@H]1C[C@]1(NC(=O)[C@@H]1C[C@@H](Oc2cc(-c3ccccc3)nc3cc(OC)ccc23)CN1C(=O)N[C@H](C(=O)N=C)C(C)C)C(=O)O. The highest BCUT2D eigenvalue weighted by Crippen LogP contribution is 2.45. The fourth-order valence-electron chi connectivity index (χ4n) is 5.84. The van der Waals surface area contributed by atoms with Crippen molar-refractivity contribution < 1.29 is 33.8 Å². The number of likely N-dealkylation sites (tertiary alicyclic amines) is 1. The molecule has 2 aromatic carbocycles. The maximum atomic E-state index is 13.7. The molecule has 46 heavy (non-hydrogen) atoms. The topological polar surface area (TPSA) is 160 Å². The summed E-state index contributed by atoms with van der Waals surface area (Å²) in [5.41, 5.74) is 0.650. The fourth-order valence-corrected chi connectivity index (χ4v) is 5.84. The predicted molar refractivity (Wildman–Crippen MR) is 172 cm³/mol. The number of urea groups is 1. The Hall–Kier alpha value is -5.26. The van der Waals surface area contributed by atoms with Crippen LogP contribution in [0.2, 0.25) is 0 Å². The number of pyridine rings is 1. The molecule has 240 valence electrons. The van der Waals surface area contributed by atoms with Gasteiger partial charge in [-0.05, 0) is 31.2 Å². The van der Waals surface area contributed by atoms with Gasteiger partial charge < -0.3 is 30.1 Å². The summed E-state index contributed by atoms with van der Waals surface area (Å²) in [5.74, 6) is -2.08. The Morgan fingerprint density at radius 2 is 1.89 bits per heavy atom. The third-order valence-electron chi connectivity index (χ3n) is 8.56. The summed E-state index contributed by atoms with van der Waals surface area (Å²) in [7, 11) is 1.57. The molecule has 1 saturated heterocycles. The molecule has 0 radical (unpaired) electrons. The van der Waals surface area contributed by atoms with E-state index >= 15 is 0 Å². The molecule has 0 unspecified atom stereocenters. The number of aliphatic imine (C=N–C) groups is 1. The molecule has 0 bridgehead atoms. The van der Waals surface area contributed by atoms with Crippen LogP contribution in [0.15, 0.2) is 72.2 Å². The number of ether oxygens (including phenoxy) is 2. The van der Waals surface area contributed by atoms with Crippen molar-refractivity contribution in [1.29, 1.82) is 0 Å².